The van der Waals surface area contributed by atoms with Crippen LogP contribution in [-0.4, -0.2) is 77.2 Å². The van der Waals surface area contributed by atoms with Crippen LogP contribution in [0.5, 0.6) is 0 Å². The van der Waals surface area contributed by atoms with Crippen molar-refractivity contribution in [1.82, 2.24) is 10.2 Å². The maximum Gasteiger partial charge on any atom is 0.306 e. The molecule has 0 saturated carbocycles. The first-order valence-electron chi connectivity index (χ1n) is 16.2. The van der Waals surface area contributed by atoms with E-state index in [1.807, 2.05) is 50.3 Å². The summed E-state index contributed by atoms with van der Waals surface area (Å²) < 4.78 is 12.2. The summed E-state index contributed by atoms with van der Waals surface area (Å²) >= 11 is 6.19. The molecule has 0 aromatic heterocycles. The van der Waals surface area contributed by atoms with Gasteiger partial charge in [0, 0.05) is 23.7 Å². The number of amides is 3. The zero-order chi connectivity index (χ0) is 33.3. The molecule has 0 radical (unpaired) electrons. The quantitative estimate of drug-likeness (QED) is 0.354. The van der Waals surface area contributed by atoms with E-state index in [2.05, 4.69) is 5.32 Å². The number of carbonyl (C=O) groups excluding carboxylic acids is 4. The van der Waals surface area contributed by atoms with E-state index >= 15 is 0 Å². The van der Waals surface area contributed by atoms with E-state index in [9.17, 15) is 24.3 Å². The van der Waals surface area contributed by atoms with Gasteiger partial charge in [0.05, 0.1) is 36.6 Å². The van der Waals surface area contributed by atoms with Gasteiger partial charge in [-0.25, -0.2) is 0 Å². The highest BCUT2D eigenvalue weighted by atomic mass is 35.5. The first-order chi connectivity index (χ1) is 22.6. The molecular weight excluding hydrogens is 622 g/mol. The van der Waals surface area contributed by atoms with Gasteiger partial charge in [-0.3, -0.25) is 19.2 Å². The molecule has 47 heavy (non-hydrogen) atoms. The number of fused-ring (bicyclic) bond motifs is 2. The maximum atomic E-state index is 14.9. The number of benzene rings is 2. The van der Waals surface area contributed by atoms with Gasteiger partial charge in [0.15, 0.2) is 0 Å². The first-order valence-corrected chi connectivity index (χ1v) is 16.6. The van der Waals surface area contributed by atoms with Gasteiger partial charge in [-0.2, -0.15) is 0 Å². The van der Waals surface area contributed by atoms with Crippen molar-refractivity contribution >= 4 is 41.0 Å². The van der Waals surface area contributed by atoms with Crippen LogP contribution in [0.4, 0.5) is 5.69 Å². The summed E-state index contributed by atoms with van der Waals surface area (Å²) in [4.78, 5) is 59.5. The second-order valence-corrected chi connectivity index (χ2v) is 13.4. The highest BCUT2D eigenvalue weighted by molar-refractivity contribution is 6.30. The van der Waals surface area contributed by atoms with Gasteiger partial charge >= 0.3 is 5.97 Å². The molecule has 2 saturated heterocycles. The summed E-state index contributed by atoms with van der Waals surface area (Å²) in [6, 6.07) is 13.5. The minimum atomic E-state index is -1.43. The summed E-state index contributed by atoms with van der Waals surface area (Å²) in [7, 11) is 0. The minimum Gasteiger partial charge on any atom is -0.463 e. The van der Waals surface area contributed by atoms with E-state index < -0.39 is 65.4 Å². The second kappa shape index (κ2) is 13.6. The number of ether oxygens (including phenoxy) is 2. The number of esters is 1. The Morgan fingerprint density at radius 2 is 1.77 bits per heavy atom. The molecule has 10 nitrogen and oxygen atoms in total. The Morgan fingerprint density at radius 3 is 2.47 bits per heavy atom. The number of anilines is 1. The molecule has 2 aromatic rings. The number of cyclic esters (lactones) is 1. The Labute approximate surface area is 279 Å². The molecule has 5 bridgehead atoms. The number of likely N-dealkylation sites (tertiary alicyclic amines) is 1. The lowest BCUT2D eigenvalue weighted by molar-refractivity contribution is -0.146. The molecule has 0 unspecified atom stereocenters. The van der Waals surface area contributed by atoms with Crippen LogP contribution in [0, 0.1) is 17.8 Å². The predicted molar refractivity (Wildman–Crippen MR) is 175 cm³/mol. The third-order valence-electron chi connectivity index (χ3n) is 9.50. The number of hydrogen-bond donors (Lipinski definition) is 2. The molecule has 2 fully saturated rings. The summed E-state index contributed by atoms with van der Waals surface area (Å²) in [6.45, 7) is 3.67. The van der Waals surface area contributed by atoms with Crippen molar-refractivity contribution in [3.63, 3.8) is 0 Å². The largest absolute Gasteiger partial charge is 0.463 e. The van der Waals surface area contributed by atoms with Crippen LogP contribution in [0.25, 0.3) is 0 Å². The van der Waals surface area contributed by atoms with E-state index in [0.717, 1.165) is 5.56 Å². The van der Waals surface area contributed by atoms with Crippen molar-refractivity contribution < 1.29 is 33.8 Å². The number of aliphatic hydroxyl groups is 1. The van der Waals surface area contributed by atoms with Crippen LogP contribution >= 0.6 is 11.6 Å². The molecular formula is C36H40ClN3O7. The van der Waals surface area contributed by atoms with E-state index in [4.69, 9.17) is 21.1 Å². The molecule has 11 heteroatoms. The third-order valence-corrected chi connectivity index (χ3v) is 9.75. The minimum absolute atomic E-state index is 0.0886. The number of hydrogen-bond acceptors (Lipinski definition) is 7. The van der Waals surface area contributed by atoms with Crippen molar-refractivity contribution in [1.29, 1.82) is 0 Å². The number of allylic oxidation sites excluding steroid dienone is 1. The van der Waals surface area contributed by atoms with Crippen LogP contribution in [0.15, 0.2) is 78.9 Å². The molecule has 0 aliphatic carbocycles. The highest BCUT2D eigenvalue weighted by Crippen LogP contribution is 2.56. The molecule has 1 spiro atoms. The molecule has 2 aromatic carbocycles. The van der Waals surface area contributed by atoms with Gasteiger partial charge in [-0.05, 0) is 48.6 Å². The molecule has 3 amide bonds. The molecule has 4 aliphatic heterocycles. The SMILES string of the molecule is CC(C)C[C@H](CO)N1C(=O)[C@@H]2[C@H]3C(=O)N[C@@H](c4ccccc4)COC(=O)CC/C=C\CN(c4ccc(Cl)cc4)C(=O)[C@@H]1[C@]21C=C[C@H]3O1. The van der Waals surface area contributed by atoms with Crippen molar-refractivity contribution in [2.75, 3.05) is 24.7 Å². The van der Waals surface area contributed by atoms with Gasteiger partial charge in [0.25, 0.3) is 5.91 Å². The van der Waals surface area contributed by atoms with Gasteiger partial charge in [-0.1, -0.05) is 80.1 Å². The Hall–Kier alpha value is -3.99. The van der Waals surface area contributed by atoms with Gasteiger partial charge in [-0.15, -0.1) is 0 Å². The predicted octanol–water partition coefficient (Wildman–Crippen LogP) is 3.98. The molecule has 4 aliphatic rings. The number of nitrogens with zero attached hydrogens (tertiary/aromatic N) is 2. The molecule has 6 rings (SSSR count). The summed E-state index contributed by atoms with van der Waals surface area (Å²) in [6.07, 6.45) is 7.32. The molecule has 4 heterocycles. The zero-order valence-electron chi connectivity index (χ0n) is 26.5. The Kier molecular flexibility index (Phi) is 9.55. The van der Waals surface area contributed by atoms with Crippen molar-refractivity contribution in [2.24, 2.45) is 17.8 Å². The molecule has 2 N–H and O–H groups in total. The van der Waals surface area contributed by atoms with Gasteiger partial charge < -0.3 is 29.7 Å². The monoisotopic (exact) mass is 661 g/mol. The van der Waals surface area contributed by atoms with E-state index in [1.165, 1.54) is 4.90 Å². The lowest BCUT2D eigenvalue weighted by Gasteiger charge is -2.39. The number of aliphatic hydroxyl groups excluding tert-OH is 1. The van der Waals surface area contributed by atoms with Crippen LogP contribution in [0.3, 0.4) is 0 Å². The first kappa shape index (κ1) is 32.9. The fraction of sp³-hybridized carbons (Fsp3) is 0.444. The summed E-state index contributed by atoms with van der Waals surface area (Å²) in [5.41, 5.74) is -0.138. The fourth-order valence-electron chi connectivity index (χ4n) is 7.41. The molecule has 248 valence electrons. The number of halogens is 1. The van der Waals surface area contributed by atoms with Crippen LogP contribution in [-0.2, 0) is 28.7 Å². The Morgan fingerprint density at radius 1 is 1.02 bits per heavy atom. The standard InChI is InChI=1S/C36H40ClN3O7/c1-22(2)19-26(20-41)40-32-35(45)39(25-14-12-24(37)13-15-25)18-8-4-7-11-29(42)46-21-27(23-9-5-3-6-10-23)38-33(43)30-28-16-17-36(32,47-28)31(30)34(40)44/h3-6,8-10,12-17,22,26-28,30-32,41H,7,11,18-21H2,1-2H3,(H,38,43)/b8-4-/t26-,27-,28-,30+,31+,32-,36+/m1/s1. The topological polar surface area (TPSA) is 125 Å². The van der Waals surface area contributed by atoms with Gasteiger partial charge in [0.1, 0.15) is 18.2 Å². The summed E-state index contributed by atoms with van der Waals surface area (Å²) in [5.74, 6) is -3.54. The average Bonchev–Trinajstić information content (AvgIpc) is 3.71. The zero-order valence-corrected chi connectivity index (χ0v) is 27.2. The highest BCUT2D eigenvalue weighted by Gasteiger charge is 2.73. The maximum absolute atomic E-state index is 14.9. The van der Waals surface area contributed by atoms with E-state index in [-0.39, 0.29) is 32.1 Å². The normalized spacial score (nSPS) is 30.8. The van der Waals surface area contributed by atoms with Crippen molar-refractivity contribution in [3.8, 4) is 0 Å². The van der Waals surface area contributed by atoms with E-state index in [0.29, 0.717) is 23.6 Å². The number of carbonyl (C=O) groups is 4. The third kappa shape index (κ3) is 6.22. The lowest BCUT2D eigenvalue weighted by atomic mass is 9.74. The number of nitrogens with one attached hydrogen (secondary N) is 1. The van der Waals surface area contributed by atoms with Crippen molar-refractivity contribution in [3.05, 3.63) is 89.5 Å². The Balaban J connectivity index is 1.46. The van der Waals surface area contributed by atoms with Crippen LogP contribution < -0.4 is 10.2 Å². The smallest absolute Gasteiger partial charge is 0.306 e. The van der Waals surface area contributed by atoms with Crippen molar-refractivity contribution in [2.45, 2.75) is 62.9 Å². The average molecular weight is 662 g/mol. The van der Waals surface area contributed by atoms with E-state index in [1.54, 1.807) is 47.4 Å². The number of rotatable bonds is 6. The molecule has 7 atom stereocenters. The van der Waals surface area contributed by atoms with Crippen LogP contribution in [0.2, 0.25) is 5.02 Å². The fourth-order valence-corrected chi connectivity index (χ4v) is 7.54. The lowest BCUT2D eigenvalue weighted by Crippen LogP contribution is -2.59. The second-order valence-electron chi connectivity index (χ2n) is 13.0. The van der Waals surface area contributed by atoms with Crippen LogP contribution in [0.1, 0.15) is 44.7 Å². The summed E-state index contributed by atoms with van der Waals surface area (Å²) in [5, 5.41) is 14.2. The Bertz CT molecular complexity index is 1560. The van der Waals surface area contributed by atoms with Gasteiger partial charge in [0.2, 0.25) is 11.8 Å².